The van der Waals surface area contributed by atoms with Crippen LogP contribution in [-0.4, -0.2) is 36.1 Å². The van der Waals surface area contributed by atoms with Crippen LogP contribution in [0, 0.1) is 0 Å². The van der Waals surface area contributed by atoms with Gasteiger partial charge in [0.25, 0.3) is 5.91 Å². The summed E-state index contributed by atoms with van der Waals surface area (Å²) in [6.07, 6.45) is 0.105. The third kappa shape index (κ3) is 2.71. The number of hydrogen-bond acceptors (Lipinski definition) is 3. The molecule has 2 N–H and O–H groups in total. The molecule has 0 radical (unpaired) electrons. The molecule has 2 rings (SSSR count). The largest absolute Gasteiger partial charge is 0.375 e. The molecule has 0 aliphatic carbocycles. The average molecular weight is 248 g/mol. The molecule has 1 fully saturated rings. The Morgan fingerprint density at radius 1 is 1.39 bits per heavy atom. The van der Waals surface area contributed by atoms with E-state index in [1.807, 2.05) is 43.0 Å². The third-order valence-corrected chi connectivity index (χ3v) is 3.31. The lowest BCUT2D eigenvalue weighted by Gasteiger charge is -2.36. The molecule has 1 saturated heterocycles. The number of hydrogen-bond donors (Lipinski definition) is 1. The Labute approximate surface area is 108 Å². The summed E-state index contributed by atoms with van der Waals surface area (Å²) in [7, 11) is 0. The van der Waals surface area contributed by atoms with Crippen LogP contribution in [0.2, 0.25) is 0 Å². The van der Waals surface area contributed by atoms with E-state index in [0.29, 0.717) is 25.3 Å². The fraction of sp³-hybridized carbons (Fsp3) is 0.500. The minimum absolute atomic E-state index is 0.0706. The van der Waals surface area contributed by atoms with Gasteiger partial charge in [0.15, 0.2) is 0 Å². The van der Waals surface area contributed by atoms with Crippen molar-refractivity contribution >= 4 is 5.91 Å². The van der Waals surface area contributed by atoms with Gasteiger partial charge >= 0.3 is 0 Å². The molecule has 1 aromatic rings. The van der Waals surface area contributed by atoms with E-state index >= 15 is 0 Å². The SMILES string of the molecule is C[C@@H]1CN(C(=O)c2ccc(CN)cc2)[C@@H](C)CO1. The van der Waals surface area contributed by atoms with Gasteiger partial charge < -0.3 is 15.4 Å². The zero-order valence-electron chi connectivity index (χ0n) is 10.9. The molecular weight excluding hydrogens is 228 g/mol. The van der Waals surface area contributed by atoms with E-state index in [1.54, 1.807) is 0 Å². The van der Waals surface area contributed by atoms with Crippen molar-refractivity contribution in [2.45, 2.75) is 32.5 Å². The van der Waals surface area contributed by atoms with Crippen molar-refractivity contribution in [3.8, 4) is 0 Å². The van der Waals surface area contributed by atoms with Crippen LogP contribution in [0.1, 0.15) is 29.8 Å². The van der Waals surface area contributed by atoms with E-state index < -0.39 is 0 Å². The van der Waals surface area contributed by atoms with Crippen LogP contribution in [0.25, 0.3) is 0 Å². The quantitative estimate of drug-likeness (QED) is 0.860. The van der Waals surface area contributed by atoms with Crippen LogP contribution < -0.4 is 5.73 Å². The van der Waals surface area contributed by atoms with E-state index in [4.69, 9.17) is 10.5 Å². The molecule has 2 atom stereocenters. The van der Waals surface area contributed by atoms with Gasteiger partial charge in [-0.2, -0.15) is 0 Å². The van der Waals surface area contributed by atoms with Crippen LogP contribution in [0.4, 0.5) is 0 Å². The Bertz CT molecular complexity index is 416. The second kappa shape index (κ2) is 5.50. The number of morpholine rings is 1. The highest BCUT2D eigenvalue weighted by Crippen LogP contribution is 2.15. The molecule has 1 aliphatic heterocycles. The van der Waals surface area contributed by atoms with E-state index in [1.165, 1.54) is 0 Å². The average Bonchev–Trinajstić information content (AvgIpc) is 2.41. The number of benzene rings is 1. The monoisotopic (exact) mass is 248 g/mol. The zero-order chi connectivity index (χ0) is 13.1. The molecule has 18 heavy (non-hydrogen) atoms. The van der Waals surface area contributed by atoms with Crippen LogP contribution in [-0.2, 0) is 11.3 Å². The summed E-state index contributed by atoms with van der Waals surface area (Å²) in [6, 6.07) is 7.63. The van der Waals surface area contributed by atoms with Crippen molar-refractivity contribution in [2.75, 3.05) is 13.2 Å². The normalized spacial score (nSPS) is 24.1. The van der Waals surface area contributed by atoms with Crippen LogP contribution in [0.3, 0.4) is 0 Å². The van der Waals surface area contributed by atoms with Gasteiger partial charge in [-0.3, -0.25) is 4.79 Å². The Balaban J connectivity index is 2.13. The molecule has 0 bridgehead atoms. The maximum absolute atomic E-state index is 12.4. The molecular formula is C14H20N2O2. The highest BCUT2D eigenvalue weighted by atomic mass is 16.5. The number of nitrogens with zero attached hydrogens (tertiary/aromatic N) is 1. The number of rotatable bonds is 2. The minimum atomic E-state index is 0.0706. The summed E-state index contributed by atoms with van der Waals surface area (Å²) in [4.78, 5) is 14.3. The third-order valence-electron chi connectivity index (χ3n) is 3.31. The Morgan fingerprint density at radius 3 is 2.67 bits per heavy atom. The first-order valence-corrected chi connectivity index (χ1v) is 6.33. The number of ether oxygens (including phenoxy) is 1. The predicted octanol–water partition coefficient (Wildman–Crippen LogP) is 1.39. The van der Waals surface area contributed by atoms with E-state index in [-0.39, 0.29) is 18.1 Å². The Kier molecular flexibility index (Phi) is 3.99. The van der Waals surface area contributed by atoms with Crippen molar-refractivity contribution in [1.29, 1.82) is 0 Å². The molecule has 1 aromatic carbocycles. The standard InChI is InChI=1S/C14H20N2O2/c1-10-9-18-11(2)8-16(10)14(17)13-5-3-12(7-15)4-6-13/h3-6,10-11H,7-9,15H2,1-2H3/t10-,11+/m0/s1. The maximum Gasteiger partial charge on any atom is 0.254 e. The van der Waals surface area contributed by atoms with Gasteiger partial charge in [0.2, 0.25) is 0 Å². The number of carbonyl (C=O) groups excluding carboxylic acids is 1. The second-order valence-corrected chi connectivity index (χ2v) is 4.85. The predicted molar refractivity (Wildman–Crippen MR) is 70.2 cm³/mol. The number of carbonyl (C=O) groups is 1. The van der Waals surface area contributed by atoms with Crippen molar-refractivity contribution in [1.82, 2.24) is 4.90 Å². The molecule has 4 nitrogen and oxygen atoms in total. The maximum atomic E-state index is 12.4. The lowest BCUT2D eigenvalue weighted by molar-refractivity contribution is -0.0387. The Hall–Kier alpha value is -1.39. The van der Waals surface area contributed by atoms with Gasteiger partial charge in [0, 0.05) is 18.7 Å². The molecule has 1 heterocycles. The number of amides is 1. The molecule has 98 valence electrons. The fourth-order valence-corrected chi connectivity index (χ4v) is 2.14. The topological polar surface area (TPSA) is 55.6 Å². The van der Waals surface area contributed by atoms with Crippen LogP contribution in [0.15, 0.2) is 24.3 Å². The minimum Gasteiger partial charge on any atom is -0.375 e. The molecule has 0 aromatic heterocycles. The van der Waals surface area contributed by atoms with Gasteiger partial charge in [0.05, 0.1) is 18.8 Å². The lowest BCUT2D eigenvalue weighted by atomic mass is 10.1. The molecule has 0 spiro atoms. The Morgan fingerprint density at radius 2 is 2.06 bits per heavy atom. The first-order chi connectivity index (χ1) is 8.61. The molecule has 4 heteroatoms. The van der Waals surface area contributed by atoms with E-state index in [2.05, 4.69) is 0 Å². The van der Waals surface area contributed by atoms with Gasteiger partial charge in [0.1, 0.15) is 0 Å². The zero-order valence-corrected chi connectivity index (χ0v) is 10.9. The summed E-state index contributed by atoms with van der Waals surface area (Å²) in [5.74, 6) is 0.0706. The van der Waals surface area contributed by atoms with Gasteiger partial charge in [-0.05, 0) is 31.5 Å². The first kappa shape index (κ1) is 13.1. The highest BCUT2D eigenvalue weighted by Gasteiger charge is 2.27. The van der Waals surface area contributed by atoms with Crippen LogP contribution >= 0.6 is 0 Å². The van der Waals surface area contributed by atoms with Crippen molar-refractivity contribution < 1.29 is 9.53 Å². The van der Waals surface area contributed by atoms with Gasteiger partial charge in [-0.1, -0.05) is 12.1 Å². The van der Waals surface area contributed by atoms with Crippen LogP contribution in [0.5, 0.6) is 0 Å². The van der Waals surface area contributed by atoms with Crippen molar-refractivity contribution in [3.63, 3.8) is 0 Å². The second-order valence-electron chi connectivity index (χ2n) is 4.85. The van der Waals surface area contributed by atoms with Gasteiger partial charge in [-0.15, -0.1) is 0 Å². The summed E-state index contributed by atoms with van der Waals surface area (Å²) in [5.41, 5.74) is 7.30. The summed E-state index contributed by atoms with van der Waals surface area (Å²) >= 11 is 0. The van der Waals surface area contributed by atoms with Gasteiger partial charge in [-0.25, -0.2) is 0 Å². The lowest BCUT2D eigenvalue weighted by Crippen LogP contribution is -2.50. The molecule has 1 aliphatic rings. The molecule has 1 amide bonds. The fourth-order valence-electron chi connectivity index (χ4n) is 2.14. The summed E-state index contributed by atoms with van der Waals surface area (Å²) < 4.78 is 5.53. The van der Waals surface area contributed by atoms with E-state index in [9.17, 15) is 4.79 Å². The summed E-state index contributed by atoms with van der Waals surface area (Å²) in [5, 5.41) is 0. The molecule has 0 unspecified atom stereocenters. The molecule has 0 saturated carbocycles. The number of nitrogens with two attached hydrogens (primary N) is 1. The van der Waals surface area contributed by atoms with E-state index in [0.717, 1.165) is 5.56 Å². The highest BCUT2D eigenvalue weighted by molar-refractivity contribution is 5.94. The van der Waals surface area contributed by atoms with Crippen molar-refractivity contribution in [2.24, 2.45) is 5.73 Å². The first-order valence-electron chi connectivity index (χ1n) is 6.33. The summed E-state index contributed by atoms with van der Waals surface area (Å²) in [6.45, 7) is 5.76. The van der Waals surface area contributed by atoms with Crippen molar-refractivity contribution in [3.05, 3.63) is 35.4 Å². The smallest absolute Gasteiger partial charge is 0.254 e.